The van der Waals surface area contributed by atoms with E-state index in [-0.39, 0.29) is 10.8 Å². The van der Waals surface area contributed by atoms with Crippen molar-refractivity contribution in [2.75, 3.05) is 11.6 Å². The fourth-order valence-corrected chi connectivity index (χ4v) is 4.96. The molecular weight excluding hydrogens is 402 g/mol. The fraction of sp³-hybridized carbons (Fsp3) is 0.0870. The highest BCUT2D eigenvalue weighted by Gasteiger charge is 2.14. The second-order valence-electron chi connectivity index (χ2n) is 6.93. The van der Waals surface area contributed by atoms with Gasteiger partial charge in [-0.05, 0) is 65.9 Å². The molecule has 6 heteroatoms. The van der Waals surface area contributed by atoms with Gasteiger partial charge in [0.05, 0.1) is 4.90 Å². The maximum absolute atomic E-state index is 12.7. The Morgan fingerprint density at radius 3 is 2.45 bits per heavy atom. The highest BCUT2D eigenvalue weighted by Crippen LogP contribution is 2.34. The van der Waals surface area contributed by atoms with Crippen LogP contribution in [0.5, 0.6) is 0 Å². The lowest BCUT2D eigenvalue weighted by Gasteiger charge is -2.10. The van der Waals surface area contributed by atoms with Gasteiger partial charge in [0.1, 0.15) is 0 Å². The van der Waals surface area contributed by atoms with E-state index in [1.165, 1.54) is 22.2 Å². The molecule has 1 heterocycles. The molecule has 0 unspecified atom stereocenters. The van der Waals surface area contributed by atoms with Crippen molar-refractivity contribution in [2.45, 2.75) is 11.8 Å². The van der Waals surface area contributed by atoms with E-state index < -0.39 is 9.84 Å². The number of hydrogen-bond donors (Lipinski definition) is 1. The van der Waals surface area contributed by atoms with Gasteiger partial charge in [-0.25, -0.2) is 8.42 Å². The van der Waals surface area contributed by atoms with Gasteiger partial charge in [-0.15, -0.1) is 11.3 Å². The van der Waals surface area contributed by atoms with E-state index in [1.54, 1.807) is 24.3 Å². The summed E-state index contributed by atoms with van der Waals surface area (Å²) in [5.74, 6) is -0.268. The quantitative estimate of drug-likeness (QED) is 0.471. The Morgan fingerprint density at radius 2 is 1.72 bits per heavy atom. The predicted octanol–water partition coefficient (Wildman–Crippen LogP) is 5.53. The van der Waals surface area contributed by atoms with Crippen molar-refractivity contribution in [3.8, 4) is 10.4 Å². The molecule has 4 aromatic rings. The van der Waals surface area contributed by atoms with Crippen molar-refractivity contribution in [3.63, 3.8) is 0 Å². The number of carbonyl (C=O) groups is 1. The number of amides is 1. The Morgan fingerprint density at radius 1 is 0.931 bits per heavy atom. The molecule has 29 heavy (non-hydrogen) atoms. The average molecular weight is 422 g/mol. The van der Waals surface area contributed by atoms with Crippen LogP contribution in [0.25, 0.3) is 20.5 Å². The zero-order valence-electron chi connectivity index (χ0n) is 16.0. The molecule has 0 radical (unpaired) electrons. The SMILES string of the molecule is Cc1cc(S(C)(=O)=O)ccc1C(=O)Nc1cccc(-c2cc3ccccc3s2)c1. The number of nitrogens with one attached hydrogen (secondary N) is 1. The lowest BCUT2D eigenvalue weighted by atomic mass is 10.1. The first-order valence-electron chi connectivity index (χ1n) is 9.02. The molecule has 0 bridgehead atoms. The minimum absolute atomic E-state index is 0.207. The predicted molar refractivity (Wildman–Crippen MR) is 120 cm³/mol. The van der Waals surface area contributed by atoms with Crippen LogP contribution < -0.4 is 5.32 Å². The first-order chi connectivity index (χ1) is 13.8. The molecule has 0 fully saturated rings. The summed E-state index contributed by atoms with van der Waals surface area (Å²) in [6.45, 7) is 1.73. The molecule has 0 atom stereocenters. The van der Waals surface area contributed by atoms with Crippen LogP contribution in [0.3, 0.4) is 0 Å². The van der Waals surface area contributed by atoms with E-state index in [9.17, 15) is 13.2 Å². The second kappa shape index (κ2) is 7.46. The Hall–Kier alpha value is -2.96. The number of anilines is 1. The van der Waals surface area contributed by atoms with Crippen LogP contribution in [0.2, 0.25) is 0 Å². The minimum atomic E-state index is -3.30. The van der Waals surface area contributed by atoms with Crippen molar-refractivity contribution >= 4 is 42.9 Å². The third kappa shape index (κ3) is 4.09. The van der Waals surface area contributed by atoms with Crippen LogP contribution in [0.1, 0.15) is 15.9 Å². The molecule has 0 aliphatic carbocycles. The molecule has 0 saturated carbocycles. The van der Waals surface area contributed by atoms with Crippen LogP contribution in [0, 0.1) is 6.92 Å². The van der Waals surface area contributed by atoms with Gasteiger partial charge >= 0.3 is 0 Å². The smallest absolute Gasteiger partial charge is 0.255 e. The third-order valence-corrected chi connectivity index (χ3v) is 6.98. The lowest BCUT2D eigenvalue weighted by molar-refractivity contribution is 0.102. The van der Waals surface area contributed by atoms with Crippen molar-refractivity contribution in [2.24, 2.45) is 0 Å². The molecule has 1 amide bonds. The molecule has 1 N–H and O–H groups in total. The number of sulfone groups is 1. The van der Waals surface area contributed by atoms with Gasteiger partial charge in [-0.1, -0.05) is 30.3 Å². The number of thiophene rings is 1. The van der Waals surface area contributed by atoms with E-state index in [0.717, 1.165) is 16.7 Å². The molecular formula is C23H19NO3S2. The van der Waals surface area contributed by atoms with Crippen molar-refractivity contribution < 1.29 is 13.2 Å². The van der Waals surface area contributed by atoms with Gasteiger partial charge in [0.2, 0.25) is 0 Å². The van der Waals surface area contributed by atoms with E-state index in [4.69, 9.17) is 0 Å². The van der Waals surface area contributed by atoms with Crippen LogP contribution in [-0.2, 0) is 9.84 Å². The van der Waals surface area contributed by atoms with Gasteiger partial charge in [-0.3, -0.25) is 4.79 Å². The van der Waals surface area contributed by atoms with E-state index in [1.807, 2.05) is 36.4 Å². The summed E-state index contributed by atoms with van der Waals surface area (Å²) in [4.78, 5) is 14.1. The summed E-state index contributed by atoms with van der Waals surface area (Å²) in [6, 6.07) is 22.6. The minimum Gasteiger partial charge on any atom is -0.322 e. The first kappa shape index (κ1) is 19.4. The Kier molecular flexibility index (Phi) is 4.98. The fourth-order valence-electron chi connectivity index (χ4n) is 3.19. The zero-order valence-corrected chi connectivity index (χ0v) is 17.6. The normalized spacial score (nSPS) is 11.5. The van der Waals surface area contributed by atoms with E-state index >= 15 is 0 Å². The van der Waals surface area contributed by atoms with Crippen molar-refractivity contribution in [1.82, 2.24) is 0 Å². The van der Waals surface area contributed by atoms with Crippen LogP contribution >= 0.6 is 11.3 Å². The maximum atomic E-state index is 12.7. The number of rotatable bonds is 4. The summed E-state index contributed by atoms with van der Waals surface area (Å²) in [5.41, 5.74) is 2.79. The summed E-state index contributed by atoms with van der Waals surface area (Å²) >= 11 is 1.71. The summed E-state index contributed by atoms with van der Waals surface area (Å²) in [6.07, 6.45) is 1.15. The highest BCUT2D eigenvalue weighted by molar-refractivity contribution is 7.90. The number of hydrogen-bond acceptors (Lipinski definition) is 4. The molecule has 4 rings (SSSR count). The molecule has 0 saturated heterocycles. The number of carbonyl (C=O) groups excluding carboxylic acids is 1. The summed E-state index contributed by atoms with van der Waals surface area (Å²) in [7, 11) is -3.30. The van der Waals surface area contributed by atoms with Crippen molar-refractivity contribution in [1.29, 1.82) is 0 Å². The molecule has 0 aliphatic rings. The average Bonchev–Trinajstić information content (AvgIpc) is 3.11. The molecule has 3 aromatic carbocycles. The number of benzene rings is 3. The lowest BCUT2D eigenvalue weighted by Crippen LogP contribution is -2.14. The van der Waals surface area contributed by atoms with Crippen LogP contribution in [-0.4, -0.2) is 20.6 Å². The van der Waals surface area contributed by atoms with E-state index in [2.05, 4.69) is 23.5 Å². The Bertz CT molecular complexity index is 1300. The van der Waals surface area contributed by atoms with Gasteiger partial charge in [0, 0.05) is 27.1 Å². The standard InChI is InChI=1S/C23H19NO3S2/c1-15-12-19(29(2,26)27)10-11-20(15)23(25)24-18-8-5-7-16(13-18)22-14-17-6-3-4-9-21(17)28-22/h3-14H,1-2H3,(H,24,25). The third-order valence-electron chi connectivity index (χ3n) is 4.70. The molecule has 146 valence electrons. The van der Waals surface area contributed by atoms with Crippen molar-refractivity contribution in [3.05, 3.63) is 83.9 Å². The maximum Gasteiger partial charge on any atom is 0.255 e. The first-order valence-corrected chi connectivity index (χ1v) is 11.7. The molecule has 0 aliphatic heterocycles. The molecule has 4 nitrogen and oxygen atoms in total. The Balaban J connectivity index is 1.60. The van der Waals surface area contributed by atoms with Gasteiger partial charge in [-0.2, -0.15) is 0 Å². The summed E-state index contributed by atoms with van der Waals surface area (Å²) < 4.78 is 24.6. The van der Waals surface area contributed by atoms with Crippen LogP contribution in [0.15, 0.2) is 77.7 Å². The van der Waals surface area contributed by atoms with Gasteiger partial charge < -0.3 is 5.32 Å². The zero-order chi connectivity index (χ0) is 20.6. The molecule has 1 aromatic heterocycles. The monoisotopic (exact) mass is 421 g/mol. The summed E-state index contributed by atoms with van der Waals surface area (Å²) in [5, 5.41) is 4.12. The van der Waals surface area contributed by atoms with Gasteiger partial charge in [0.25, 0.3) is 5.91 Å². The molecule has 0 spiro atoms. The Labute approximate surface area is 173 Å². The topological polar surface area (TPSA) is 63.2 Å². The van der Waals surface area contributed by atoms with Crippen LogP contribution in [0.4, 0.5) is 5.69 Å². The highest BCUT2D eigenvalue weighted by atomic mass is 32.2. The number of fused-ring (bicyclic) bond motifs is 1. The van der Waals surface area contributed by atoms with Gasteiger partial charge in [0.15, 0.2) is 9.84 Å². The second-order valence-corrected chi connectivity index (χ2v) is 10.0. The largest absolute Gasteiger partial charge is 0.322 e. The number of aryl methyl sites for hydroxylation is 1. The van der Waals surface area contributed by atoms with E-state index in [0.29, 0.717) is 16.8 Å².